The fraction of sp³-hybridized carbons (Fsp3) is 0.320. The maximum atomic E-state index is 12.8. The van der Waals surface area contributed by atoms with E-state index >= 15 is 0 Å². The second-order valence-electron chi connectivity index (χ2n) is 16.2. The van der Waals surface area contributed by atoms with Crippen LogP contribution in [0.5, 0.6) is 23.0 Å². The second-order valence-corrected chi connectivity index (χ2v) is 17.0. The van der Waals surface area contributed by atoms with Gasteiger partial charge in [-0.2, -0.15) is 53.3 Å². The molecule has 6 aromatic carbocycles. The van der Waals surface area contributed by atoms with Crippen molar-refractivity contribution in [1.29, 1.82) is 0 Å². The standard InChI is InChI=1S/C25H24F4N2O2.C23H21F3N2O2.C2H4BrF.2H2S/c1-16(19-14-31(15-19)12-11-26)30-24(32)18-5-10-22-17(13-18)3-2-4-23(22)33-21-8-6-20(7-9-21)25(27,28)29;1-14(17-12-27-13-17)28-22(29)16-5-10-20-15(11-16)3-2-4-21(20)30-19-8-6-18(7-9-19)23(24,25)26;3-1-2-4;;/h2-10,13,16,19H,11-12,14-15H2,1H3,(H,30,32);2-11,14,17,27H,12-13H2,1H3,(H,28,29);1-2H2;2*1H2/t16-;14-;;;/m00.../s1. The third-order valence-electron chi connectivity index (χ3n) is 11.4. The third kappa shape index (κ3) is 15.5. The molecule has 2 aliphatic heterocycles. The summed E-state index contributed by atoms with van der Waals surface area (Å²) in [5, 5.41) is 12.8. The van der Waals surface area contributed by atoms with E-state index in [9.17, 15) is 44.7 Å². The predicted octanol–water partition coefficient (Wildman–Crippen LogP) is 12.2. The zero-order chi connectivity index (χ0) is 48.3. The average Bonchev–Trinajstić information content (AvgIpc) is 3.26. The highest BCUT2D eigenvalue weighted by molar-refractivity contribution is 9.09. The predicted molar refractivity (Wildman–Crippen MR) is 268 cm³/mol. The lowest BCUT2D eigenvalue weighted by atomic mass is 9.92. The van der Waals surface area contributed by atoms with E-state index in [4.69, 9.17) is 9.47 Å². The van der Waals surface area contributed by atoms with Crippen molar-refractivity contribution in [3.05, 3.63) is 144 Å². The molecule has 0 radical (unpaired) electrons. The number of hydrogen-bond donors (Lipinski definition) is 3. The largest absolute Gasteiger partial charge is 0.457 e. The number of halogens is 9. The molecular weight excluding hydrogens is 1020 g/mol. The van der Waals surface area contributed by atoms with Gasteiger partial charge in [-0.25, -0.2) is 4.39 Å². The maximum absolute atomic E-state index is 12.8. The molecular formula is C50H53BrF8N4O4S2. The normalized spacial score (nSPS) is 14.7. The number of rotatable bonds is 13. The molecule has 2 atom stereocenters. The number of carbonyl (C=O) groups excluding carboxylic acids is 2. The Balaban J connectivity index is 0.000000272. The second kappa shape index (κ2) is 25.7. The van der Waals surface area contributed by atoms with Crippen molar-refractivity contribution < 1.29 is 54.2 Å². The van der Waals surface area contributed by atoms with Gasteiger partial charge in [0.05, 0.1) is 17.8 Å². The summed E-state index contributed by atoms with van der Waals surface area (Å²) in [6, 6.07) is 30.4. The molecule has 2 fully saturated rings. The number of ether oxygens (including phenoxy) is 2. The number of nitrogens with one attached hydrogen (secondary N) is 3. The van der Waals surface area contributed by atoms with E-state index in [-0.39, 0.29) is 70.0 Å². The molecule has 2 aliphatic rings. The van der Waals surface area contributed by atoms with Crippen LogP contribution in [0, 0.1) is 11.8 Å². The van der Waals surface area contributed by atoms with Gasteiger partial charge in [0.2, 0.25) is 0 Å². The number of benzene rings is 6. The number of amides is 2. The summed E-state index contributed by atoms with van der Waals surface area (Å²) >= 11 is 2.87. The van der Waals surface area contributed by atoms with Gasteiger partial charge in [-0.3, -0.25) is 18.9 Å². The topological polar surface area (TPSA) is 91.9 Å². The summed E-state index contributed by atoms with van der Waals surface area (Å²) in [7, 11) is 0. The zero-order valence-corrected chi connectivity index (χ0v) is 41.1. The van der Waals surface area contributed by atoms with Crippen LogP contribution in [0.2, 0.25) is 0 Å². The molecule has 0 spiro atoms. The minimum absolute atomic E-state index is 0. The van der Waals surface area contributed by atoms with Crippen molar-refractivity contribution in [3.63, 3.8) is 0 Å². The van der Waals surface area contributed by atoms with E-state index in [1.54, 1.807) is 60.7 Å². The van der Waals surface area contributed by atoms with E-state index < -0.39 is 23.5 Å². The number of alkyl halides is 9. The van der Waals surface area contributed by atoms with E-state index in [0.29, 0.717) is 52.1 Å². The molecule has 0 aliphatic carbocycles. The summed E-state index contributed by atoms with van der Waals surface area (Å²) in [4.78, 5) is 27.3. The quantitative estimate of drug-likeness (QED) is 0.0788. The van der Waals surface area contributed by atoms with Gasteiger partial charge in [0, 0.05) is 83.9 Å². The lowest BCUT2D eigenvalue weighted by molar-refractivity contribution is -0.138. The Kier molecular flexibility index (Phi) is 21.0. The van der Waals surface area contributed by atoms with E-state index in [0.717, 1.165) is 72.0 Å². The molecule has 6 aromatic rings. The SMILES string of the molecule is C[C@H](NC(=O)c1ccc2c(Oc3ccc(C(F)(F)F)cc3)cccc2c1)C1CN(CCF)C1.C[C@H](NC(=O)c1ccc2c(Oc3ccc(C(F)(F)F)cc3)cccc2c1)C1CNC1.FCCBr.S.S. The third-order valence-corrected chi connectivity index (χ3v) is 11.7. The highest BCUT2D eigenvalue weighted by Crippen LogP contribution is 2.36. The number of nitrogens with zero attached hydrogens (tertiary/aromatic N) is 1. The van der Waals surface area contributed by atoms with Crippen molar-refractivity contribution in [1.82, 2.24) is 20.9 Å². The Labute approximate surface area is 417 Å². The molecule has 8 rings (SSSR count). The summed E-state index contributed by atoms with van der Waals surface area (Å²) in [5.74, 6) is 1.99. The van der Waals surface area contributed by atoms with E-state index in [1.807, 2.05) is 30.9 Å². The Morgan fingerprint density at radius 2 is 1.04 bits per heavy atom. The molecule has 69 heavy (non-hydrogen) atoms. The molecule has 2 heterocycles. The molecule has 0 saturated carbocycles. The summed E-state index contributed by atoms with van der Waals surface area (Å²) in [5.41, 5.74) is -0.417. The van der Waals surface area contributed by atoms with Crippen LogP contribution in [0.1, 0.15) is 45.7 Å². The van der Waals surface area contributed by atoms with Gasteiger partial charge in [-0.05, 0) is 122 Å². The van der Waals surface area contributed by atoms with Gasteiger partial charge in [0.15, 0.2) is 0 Å². The molecule has 0 unspecified atom stereocenters. The summed E-state index contributed by atoms with van der Waals surface area (Å²) in [6.45, 7) is 7.11. The molecule has 0 aromatic heterocycles. The van der Waals surface area contributed by atoms with E-state index in [2.05, 4.69) is 31.9 Å². The first kappa shape index (κ1) is 56.5. The lowest BCUT2D eigenvalue weighted by Crippen LogP contribution is -2.56. The fourth-order valence-corrected chi connectivity index (χ4v) is 7.35. The number of carbonyl (C=O) groups is 2. The van der Waals surface area contributed by atoms with Crippen molar-refractivity contribution in [2.24, 2.45) is 11.8 Å². The van der Waals surface area contributed by atoms with Crippen molar-refractivity contribution in [2.75, 3.05) is 51.4 Å². The molecule has 372 valence electrons. The fourth-order valence-electron chi connectivity index (χ4n) is 7.35. The first-order chi connectivity index (χ1) is 32.0. The van der Waals surface area contributed by atoms with Crippen molar-refractivity contribution in [2.45, 2.75) is 38.3 Å². The highest BCUT2D eigenvalue weighted by atomic mass is 79.9. The van der Waals surface area contributed by atoms with Crippen LogP contribution in [0.3, 0.4) is 0 Å². The van der Waals surface area contributed by atoms with Crippen molar-refractivity contribution >= 4 is 76.3 Å². The van der Waals surface area contributed by atoms with Crippen LogP contribution in [-0.2, 0) is 12.4 Å². The van der Waals surface area contributed by atoms with Crippen LogP contribution in [0.15, 0.2) is 121 Å². The minimum Gasteiger partial charge on any atom is -0.457 e. The van der Waals surface area contributed by atoms with Gasteiger partial charge in [-0.15, -0.1) is 0 Å². The van der Waals surface area contributed by atoms with Gasteiger partial charge < -0.3 is 25.4 Å². The molecule has 2 saturated heterocycles. The smallest absolute Gasteiger partial charge is 0.416 e. The van der Waals surface area contributed by atoms with Gasteiger partial charge in [0.1, 0.15) is 29.7 Å². The Bertz CT molecular complexity index is 2600. The first-order valence-corrected chi connectivity index (χ1v) is 22.6. The highest BCUT2D eigenvalue weighted by Gasteiger charge is 2.33. The van der Waals surface area contributed by atoms with Crippen LogP contribution in [0.25, 0.3) is 21.5 Å². The van der Waals surface area contributed by atoms with Gasteiger partial charge in [-0.1, -0.05) is 40.2 Å². The maximum Gasteiger partial charge on any atom is 0.416 e. The Morgan fingerprint density at radius 1 is 0.638 bits per heavy atom. The zero-order valence-electron chi connectivity index (χ0n) is 37.5. The molecule has 2 amide bonds. The monoisotopic (exact) mass is 1070 g/mol. The van der Waals surface area contributed by atoms with E-state index in [1.165, 1.54) is 24.3 Å². The first-order valence-electron chi connectivity index (χ1n) is 21.5. The number of likely N-dealkylation sites (tertiary alicyclic amines) is 1. The molecule has 0 bridgehead atoms. The molecule has 3 N–H and O–H groups in total. The van der Waals surface area contributed by atoms with Crippen LogP contribution >= 0.6 is 42.9 Å². The van der Waals surface area contributed by atoms with Crippen LogP contribution < -0.4 is 25.4 Å². The van der Waals surface area contributed by atoms with Crippen LogP contribution in [0.4, 0.5) is 35.1 Å². The summed E-state index contributed by atoms with van der Waals surface area (Å²) < 4.78 is 111. The van der Waals surface area contributed by atoms with Crippen molar-refractivity contribution in [3.8, 4) is 23.0 Å². The Hall–Kier alpha value is -5.08. The lowest BCUT2D eigenvalue weighted by Gasteiger charge is -2.42. The number of hydrogen-bond acceptors (Lipinski definition) is 6. The minimum atomic E-state index is -4.40. The van der Waals surface area contributed by atoms with Gasteiger partial charge >= 0.3 is 12.4 Å². The van der Waals surface area contributed by atoms with Crippen LogP contribution in [-0.4, -0.2) is 80.2 Å². The Morgan fingerprint density at radius 3 is 1.39 bits per heavy atom. The van der Waals surface area contributed by atoms with Gasteiger partial charge in [0.25, 0.3) is 11.8 Å². The number of fused-ring (bicyclic) bond motifs is 2. The molecule has 19 heteroatoms. The summed E-state index contributed by atoms with van der Waals surface area (Å²) in [6.07, 6.45) is -8.79. The molecule has 8 nitrogen and oxygen atoms in total. The average molecular weight is 1070 g/mol.